The van der Waals surface area contributed by atoms with Gasteiger partial charge in [0.2, 0.25) is 0 Å². The summed E-state index contributed by atoms with van der Waals surface area (Å²) >= 11 is 6.04. The molecule has 20 heavy (non-hydrogen) atoms. The highest BCUT2D eigenvalue weighted by Crippen LogP contribution is 2.34. The third kappa shape index (κ3) is 2.66. The SMILES string of the molecule is CCC1(C(=O)O)CCCN(C(=O)c2ccccc2Cl)C1. The minimum absolute atomic E-state index is 0.186. The van der Waals surface area contributed by atoms with Gasteiger partial charge in [-0.15, -0.1) is 0 Å². The smallest absolute Gasteiger partial charge is 0.311 e. The Bertz CT molecular complexity index is 532. The number of benzene rings is 1. The molecule has 0 spiro atoms. The Hall–Kier alpha value is -1.55. The predicted octanol–water partition coefficient (Wildman–Crippen LogP) is 3.06. The van der Waals surface area contributed by atoms with Gasteiger partial charge in [-0.05, 0) is 31.4 Å². The topological polar surface area (TPSA) is 57.6 Å². The first-order valence-corrected chi connectivity index (χ1v) is 7.15. The number of piperidine rings is 1. The maximum absolute atomic E-state index is 12.5. The van der Waals surface area contributed by atoms with Gasteiger partial charge in [0.15, 0.2) is 0 Å². The molecule has 1 unspecified atom stereocenters. The normalized spacial score (nSPS) is 22.6. The summed E-state index contributed by atoms with van der Waals surface area (Å²) in [5.41, 5.74) is -0.388. The number of carbonyl (C=O) groups excluding carboxylic acids is 1. The molecule has 1 fully saturated rings. The molecule has 1 saturated heterocycles. The maximum Gasteiger partial charge on any atom is 0.311 e. The Kier molecular flexibility index (Phi) is 4.33. The summed E-state index contributed by atoms with van der Waals surface area (Å²) in [7, 11) is 0. The fourth-order valence-electron chi connectivity index (χ4n) is 2.72. The lowest BCUT2D eigenvalue weighted by molar-refractivity contribution is -0.152. The van der Waals surface area contributed by atoms with Crippen molar-refractivity contribution in [3.63, 3.8) is 0 Å². The van der Waals surface area contributed by atoms with E-state index in [1.807, 2.05) is 6.92 Å². The second-order valence-corrected chi connectivity index (χ2v) is 5.66. The monoisotopic (exact) mass is 295 g/mol. The highest BCUT2D eigenvalue weighted by molar-refractivity contribution is 6.33. The summed E-state index contributed by atoms with van der Waals surface area (Å²) in [6, 6.07) is 6.87. The lowest BCUT2D eigenvalue weighted by atomic mass is 9.77. The molecule has 0 saturated carbocycles. The van der Waals surface area contributed by atoms with E-state index >= 15 is 0 Å². The number of carbonyl (C=O) groups is 2. The first kappa shape index (κ1) is 14.9. The van der Waals surface area contributed by atoms with Crippen LogP contribution >= 0.6 is 11.6 Å². The Morgan fingerprint density at radius 3 is 2.70 bits per heavy atom. The average Bonchev–Trinajstić information content (AvgIpc) is 2.47. The van der Waals surface area contributed by atoms with Gasteiger partial charge < -0.3 is 10.0 Å². The molecule has 0 bridgehead atoms. The summed E-state index contributed by atoms with van der Waals surface area (Å²) in [5, 5.41) is 9.85. The van der Waals surface area contributed by atoms with Gasteiger partial charge in [-0.1, -0.05) is 30.7 Å². The van der Waals surface area contributed by atoms with Crippen LogP contribution in [0.2, 0.25) is 5.02 Å². The molecule has 108 valence electrons. The molecular formula is C15H18ClNO3. The van der Waals surface area contributed by atoms with Crippen LogP contribution < -0.4 is 0 Å². The van der Waals surface area contributed by atoms with Crippen molar-refractivity contribution in [3.8, 4) is 0 Å². The Balaban J connectivity index is 2.23. The molecule has 5 heteroatoms. The highest BCUT2D eigenvalue weighted by Gasteiger charge is 2.42. The molecule has 0 radical (unpaired) electrons. The number of nitrogens with zero attached hydrogens (tertiary/aromatic N) is 1. The molecule has 0 aliphatic carbocycles. The van der Waals surface area contributed by atoms with E-state index in [-0.39, 0.29) is 12.5 Å². The minimum atomic E-state index is -0.824. The Labute approximate surface area is 123 Å². The first-order chi connectivity index (χ1) is 9.50. The summed E-state index contributed by atoms with van der Waals surface area (Å²) in [4.78, 5) is 25.6. The van der Waals surface area contributed by atoms with E-state index in [1.54, 1.807) is 29.2 Å². The quantitative estimate of drug-likeness (QED) is 0.932. The lowest BCUT2D eigenvalue weighted by Gasteiger charge is -2.39. The molecule has 1 aliphatic heterocycles. The van der Waals surface area contributed by atoms with E-state index in [2.05, 4.69) is 0 Å². The fourth-order valence-corrected chi connectivity index (χ4v) is 2.94. The molecule has 4 nitrogen and oxygen atoms in total. The molecule has 1 N–H and O–H groups in total. The third-order valence-electron chi connectivity index (χ3n) is 4.10. The summed E-state index contributed by atoms with van der Waals surface area (Å²) in [6.07, 6.45) is 1.84. The second-order valence-electron chi connectivity index (χ2n) is 5.25. The zero-order valence-electron chi connectivity index (χ0n) is 11.4. The molecular weight excluding hydrogens is 278 g/mol. The van der Waals surface area contributed by atoms with Crippen molar-refractivity contribution >= 4 is 23.5 Å². The number of hydrogen-bond acceptors (Lipinski definition) is 2. The first-order valence-electron chi connectivity index (χ1n) is 6.77. The standard InChI is InChI=1S/C15H18ClNO3/c1-2-15(14(19)20)8-5-9-17(10-15)13(18)11-6-3-4-7-12(11)16/h3-4,6-7H,2,5,8-10H2,1H3,(H,19,20). The van der Waals surface area contributed by atoms with E-state index in [0.29, 0.717) is 36.4 Å². The zero-order chi connectivity index (χ0) is 14.8. The zero-order valence-corrected chi connectivity index (χ0v) is 12.2. The molecule has 1 aliphatic rings. The van der Waals surface area contributed by atoms with Crippen LogP contribution in [0.1, 0.15) is 36.5 Å². The Morgan fingerprint density at radius 1 is 1.40 bits per heavy atom. The number of carboxylic acids is 1. The van der Waals surface area contributed by atoms with Crippen molar-refractivity contribution in [2.24, 2.45) is 5.41 Å². The van der Waals surface area contributed by atoms with Gasteiger partial charge in [0.25, 0.3) is 5.91 Å². The number of halogens is 1. The van der Waals surface area contributed by atoms with Crippen molar-refractivity contribution in [2.45, 2.75) is 26.2 Å². The lowest BCUT2D eigenvalue weighted by Crippen LogP contribution is -2.49. The average molecular weight is 296 g/mol. The molecule has 1 amide bonds. The minimum Gasteiger partial charge on any atom is -0.481 e. The number of carboxylic acid groups (broad SMARTS) is 1. The van der Waals surface area contributed by atoms with Crippen molar-refractivity contribution < 1.29 is 14.7 Å². The van der Waals surface area contributed by atoms with Crippen LogP contribution in [0.3, 0.4) is 0 Å². The van der Waals surface area contributed by atoms with Crippen LogP contribution in [0.5, 0.6) is 0 Å². The van der Waals surface area contributed by atoms with Gasteiger partial charge in [-0.3, -0.25) is 9.59 Å². The largest absolute Gasteiger partial charge is 0.481 e. The number of aliphatic carboxylic acids is 1. The van der Waals surface area contributed by atoms with Crippen molar-refractivity contribution in [1.29, 1.82) is 0 Å². The number of rotatable bonds is 3. The van der Waals surface area contributed by atoms with Crippen molar-refractivity contribution in [1.82, 2.24) is 4.90 Å². The third-order valence-corrected chi connectivity index (χ3v) is 4.43. The van der Waals surface area contributed by atoms with E-state index in [0.717, 1.165) is 0 Å². The van der Waals surface area contributed by atoms with Gasteiger partial charge in [-0.2, -0.15) is 0 Å². The van der Waals surface area contributed by atoms with Gasteiger partial charge in [-0.25, -0.2) is 0 Å². The van der Waals surface area contributed by atoms with Gasteiger partial charge in [0.05, 0.1) is 16.0 Å². The van der Waals surface area contributed by atoms with Crippen LogP contribution in [0, 0.1) is 5.41 Å². The van der Waals surface area contributed by atoms with Crippen LogP contribution in [-0.2, 0) is 4.79 Å². The van der Waals surface area contributed by atoms with E-state index < -0.39 is 11.4 Å². The van der Waals surface area contributed by atoms with Crippen molar-refractivity contribution in [2.75, 3.05) is 13.1 Å². The van der Waals surface area contributed by atoms with Crippen LogP contribution in [0.15, 0.2) is 24.3 Å². The Morgan fingerprint density at radius 2 is 2.10 bits per heavy atom. The molecule has 0 aromatic heterocycles. The van der Waals surface area contributed by atoms with Gasteiger partial charge >= 0.3 is 5.97 Å². The van der Waals surface area contributed by atoms with E-state index in [9.17, 15) is 14.7 Å². The summed E-state index contributed by atoms with van der Waals surface area (Å²) < 4.78 is 0. The summed E-state index contributed by atoms with van der Waals surface area (Å²) in [5.74, 6) is -1.01. The molecule has 1 aromatic rings. The van der Waals surface area contributed by atoms with Gasteiger partial charge in [0, 0.05) is 13.1 Å². The number of hydrogen-bond donors (Lipinski definition) is 1. The van der Waals surface area contributed by atoms with Crippen molar-refractivity contribution in [3.05, 3.63) is 34.9 Å². The molecule has 1 atom stereocenters. The predicted molar refractivity (Wildman–Crippen MR) is 76.9 cm³/mol. The fraction of sp³-hybridized carbons (Fsp3) is 0.467. The molecule has 2 rings (SSSR count). The number of amides is 1. The summed E-state index contributed by atoms with van der Waals surface area (Å²) in [6.45, 7) is 2.69. The van der Waals surface area contributed by atoms with E-state index in [4.69, 9.17) is 11.6 Å². The number of likely N-dealkylation sites (tertiary alicyclic amines) is 1. The van der Waals surface area contributed by atoms with E-state index in [1.165, 1.54) is 0 Å². The van der Waals surface area contributed by atoms with Crippen LogP contribution in [0.4, 0.5) is 0 Å². The van der Waals surface area contributed by atoms with Crippen LogP contribution in [-0.4, -0.2) is 35.0 Å². The van der Waals surface area contributed by atoms with Gasteiger partial charge in [0.1, 0.15) is 0 Å². The van der Waals surface area contributed by atoms with Crippen LogP contribution in [0.25, 0.3) is 0 Å². The molecule has 1 heterocycles. The highest BCUT2D eigenvalue weighted by atomic mass is 35.5. The maximum atomic E-state index is 12.5. The molecule has 1 aromatic carbocycles. The second kappa shape index (κ2) is 5.83.